The van der Waals surface area contributed by atoms with Crippen LogP contribution in [0, 0.1) is 29.8 Å². The van der Waals surface area contributed by atoms with Crippen molar-refractivity contribution in [3.63, 3.8) is 0 Å². The Bertz CT molecular complexity index is 931. The number of nitrogens with one attached hydrogen (secondary N) is 1. The smallest absolute Gasteiger partial charge is 0.306 e. The van der Waals surface area contributed by atoms with Crippen LogP contribution in [0.3, 0.4) is 0 Å². The van der Waals surface area contributed by atoms with Gasteiger partial charge in [0.15, 0.2) is 11.8 Å². The van der Waals surface area contributed by atoms with Gasteiger partial charge in [0.1, 0.15) is 0 Å². The first kappa shape index (κ1) is 22.2. The molecule has 0 fully saturated rings. The third kappa shape index (κ3) is 6.21. The summed E-state index contributed by atoms with van der Waals surface area (Å²) in [6.07, 6.45) is 2.29. The lowest BCUT2D eigenvalue weighted by molar-refractivity contribution is -0.387. The molecule has 2 rings (SSSR count). The van der Waals surface area contributed by atoms with Gasteiger partial charge in [-0.3, -0.25) is 19.7 Å². The normalized spacial score (nSPS) is 10.5. The zero-order valence-electron chi connectivity index (χ0n) is 16.0. The number of anilines is 1. The van der Waals surface area contributed by atoms with Crippen LogP contribution in [0.2, 0.25) is 0 Å². The number of ether oxygens (including phenoxy) is 1. The third-order valence-corrected chi connectivity index (χ3v) is 4.50. The molecule has 1 aromatic carbocycles. The third-order valence-electron chi connectivity index (χ3n) is 3.95. The number of benzene rings is 1. The summed E-state index contributed by atoms with van der Waals surface area (Å²) < 4.78 is 18.2. The lowest BCUT2D eigenvalue weighted by Gasteiger charge is -2.10. The molecule has 154 valence electrons. The van der Waals surface area contributed by atoms with Crippen LogP contribution >= 0.6 is 11.8 Å². The Labute approximate surface area is 170 Å². The number of carbonyl (C=O) groups excluding carboxylic acids is 2. The van der Waals surface area contributed by atoms with Crippen LogP contribution in [0.25, 0.3) is 0 Å². The zero-order valence-corrected chi connectivity index (χ0v) is 16.8. The molecule has 0 aliphatic rings. The molecule has 29 heavy (non-hydrogen) atoms. The van der Waals surface area contributed by atoms with E-state index in [1.165, 1.54) is 17.8 Å². The van der Waals surface area contributed by atoms with Crippen molar-refractivity contribution in [3.8, 4) is 0 Å². The number of aromatic nitrogens is 2. The minimum atomic E-state index is -1.01. The van der Waals surface area contributed by atoms with Gasteiger partial charge in [-0.1, -0.05) is 11.8 Å². The summed E-state index contributed by atoms with van der Waals surface area (Å²) in [7, 11) is 0. The largest absolute Gasteiger partial charge is 0.456 e. The van der Waals surface area contributed by atoms with Crippen molar-refractivity contribution >= 4 is 35.0 Å². The molecule has 0 spiro atoms. The Morgan fingerprint density at radius 1 is 1.28 bits per heavy atom. The highest BCUT2D eigenvalue weighted by atomic mass is 32.2. The van der Waals surface area contributed by atoms with Gasteiger partial charge in [-0.05, 0) is 44.2 Å². The Kier molecular flexibility index (Phi) is 7.59. The maximum atomic E-state index is 13.3. The first-order chi connectivity index (χ1) is 13.7. The Hall–Kier alpha value is -3.08. The van der Waals surface area contributed by atoms with Crippen molar-refractivity contribution in [1.29, 1.82) is 0 Å². The second-order valence-corrected chi connectivity index (χ2v) is 6.77. The van der Waals surface area contributed by atoms with Crippen molar-refractivity contribution in [2.24, 2.45) is 0 Å². The number of nitro benzene ring substituents is 1. The van der Waals surface area contributed by atoms with Crippen LogP contribution in [-0.2, 0) is 20.7 Å². The zero-order chi connectivity index (χ0) is 21.6. The summed E-state index contributed by atoms with van der Waals surface area (Å²) in [6, 6.07) is 2.93. The highest BCUT2D eigenvalue weighted by Gasteiger charge is 2.16. The fraction of sp³-hybridized carbons (Fsp3) is 0.333. The number of hydrogen-bond acceptors (Lipinski definition) is 8. The van der Waals surface area contributed by atoms with E-state index < -0.39 is 34.9 Å². The minimum Gasteiger partial charge on any atom is -0.456 e. The van der Waals surface area contributed by atoms with Gasteiger partial charge in [-0.15, -0.1) is 0 Å². The molecule has 0 aliphatic carbocycles. The Balaban J connectivity index is 1.86. The summed E-state index contributed by atoms with van der Waals surface area (Å²) in [5.74, 6) is -2.29. The van der Waals surface area contributed by atoms with Gasteiger partial charge in [0.25, 0.3) is 5.91 Å². The van der Waals surface area contributed by atoms with Crippen LogP contribution in [0.1, 0.15) is 23.4 Å². The predicted molar refractivity (Wildman–Crippen MR) is 104 cm³/mol. The number of rotatable bonds is 8. The van der Waals surface area contributed by atoms with E-state index in [9.17, 15) is 24.1 Å². The van der Waals surface area contributed by atoms with E-state index in [2.05, 4.69) is 15.3 Å². The Morgan fingerprint density at radius 2 is 1.93 bits per heavy atom. The van der Waals surface area contributed by atoms with Crippen LogP contribution in [0.15, 0.2) is 23.4 Å². The predicted octanol–water partition coefficient (Wildman–Crippen LogP) is 2.98. The summed E-state index contributed by atoms with van der Waals surface area (Å²) >= 11 is 1.43. The van der Waals surface area contributed by atoms with Crippen molar-refractivity contribution in [2.45, 2.75) is 31.8 Å². The van der Waals surface area contributed by atoms with E-state index in [1.54, 1.807) is 0 Å². The summed E-state index contributed by atoms with van der Waals surface area (Å²) in [5.41, 5.74) is 1.68. The van der Waals surface area contributed by atoms with E-state index in [1.807, 2.05) is 20.1 Å². The van der Waals surface area contributed by atoms with E-state index in [4.69, 9.17) is 4.74 Å². The number of amides is 1. The number of carbonyl (C=O) groups is 2. The topological polar surface area (TPSA) is 124 Å². The monoisotopic (exact) mass is 422 g/mol. The molecule has 9 nitrogen and oxygen atoms in total. The van der Waals surface area contributed by atoms with Crippen LogP contribution in [0.5, 0.6) is 0 Å². The average Bonchev–Trinajstić information content (AvgIpc) is 2.66. The van der Waals surface area contributed by atoms with Crippen molar-refractivity contribution < 1.29 is 23.6 Å². The van der Waals surface area contributed by atoms with Gasteiger partial charge >= 0.3 is 11.7 Å². The van der Waals surface area contributed by atoms with Gasteiger partial charge in [0.05, 0.1) is 4.92 Å². The maximum absolute atomic E-state index is 13.3. The number of hydrogen-bond donors (Lipinski definition) is 1. The van der Waals surface area contributed by atoms with Crippen molar-refractivity contribution in [1.82, 2.24) is 9.97 Å². The first-order valence-corrected chi connectivity index (χ1v) is 9.71. The molecule has 11 heteroatoms. The number of thioether (sulfide) groups is 1. The van der Waals surface area contributed by atoms with Gasteiger partial charge in [0, 0.05) is 29.6 Å². The van der Waals surface area contributed by atoms with Gasteiger partial charge in [0.2, 0.25) is 5.82 Å². The average molecular weight is 422 g/mol. The number of nitro groups is 1. The molecule has 1 amide bonds. The molecule has 0 atom stereocenters. The van der Waals surface area contributed by atoms with E-state index in [0.29, 0.717) is 11.6 Å². The number of nitrogens with zero attached hydrogens (tertiary/aromatic N) is 3. The van der Waals surface area contributed by atoms with Crippen LogP contribution < -0.4 is 5.32 Å². The molecule has 0 unspecified atom stereocenters. The maximum Gasteiger partial charge on any atom is 0.306 e. The fourth-order valence-electron chi connectivity index (χ4n) is 2.53. The van der Waals surface area contributed by atoms with Crippen LogP contribution in [-0.4, -0.2) is 39.6 Å². The van der Waals surface area contributed by atoms with Gasteiger partial charge in [-0.25, -0.2) is 9.97 Å². The minimum absolute atomic E-state index is 0.0245. The molecule has 1 aromatic heterocycles. The molecular formula is C18H19FN4O5S. The van der Waals surface area contributed by atoms with E-state index in [-0.39, 0.29) is 12.1 Å². The summed E-state index contributed by atoms with van der Waals surface area (Å²) in [5, 5.41) is 13.7. The molecule has 1 heterocycles. The quantitative estimate of drug-likeness (QED) is 0.226. The molecular weight excluding hydrogens is 403 g/mol. The summed E-state index contributed by atoms with van der Waals surface area (Å²) in [4.78, 5) is 42.3. The highest BCUT2D eigenvalue weighted by molar-refractivity contribution is 7.98. The van der Waals surface area contributed by atoms with Crippen LogP contribution in [0.4, 0.5) is 15.8 Å². The standard InChI is InChI=1S/C18H19FN4O5S/c1-10-13(11(2)21-18(20-10)29-3)5-7-17(25)28-9-16(24)22-12-4-6-14(19)15(8-12)23(26)27/h4,6,8H,5,7,9H2,1-3H3,(H,22,24). The molecule has 0 bridgehead atoms. The molecule has 0 aliphatic heterocycles. The molecule has 0 radical (unpaired) electrons. The van der Waals surface area contributed by atoms with E-state index in [0.717, 1.165) is 29.1 Å². The van der Waals surface area contributed by atoms with Gasteiger partial charge in [-0.2, -0.15) is 4.39 Å². The second-order valence-electron chi connectivity index (χ2n) is 5.99. The highest BCUT2D eigenvalue weighted by Crippen LogP contribution is 2.21. The Morgan fingerprint density at radius 3 is 2.52 bits per heavy atom. The lowest BCUT2D eigenvalue weighted by atomic mass is 10.1. The number of esters is 1. The lowest BCUT2D eigenvalue weighted by Crippen LogP contribution is -2.21. The van der Waals surface area contributed by atoms with Crippen molar-refractivity contribution in [3.05, 3.63) is 51.1 Å². The van der Waals surface area contributed by atoms with Crippen molar-refractivity contribution in [2.75, 3.05) is 18.2 Å². The second kappa shape index (κ2) is 9.92. The number of halogens is 1. The summed E-state index contributed by atoms with van der Waals surface area (Å²) in [6.45, 7) is 3.11. The molecule has 0 saturated carbocycles. The fourth-order valence-corrected chi connectivity index (χ4v) is 2.99. The number of aryl methyl sites for hydroxylation is 2. The first-order valence-electron chi connectivity index (χ1n) is 8.48. The van der Waals surface area contributed by atoms with Gasteiger partial charge < -0.3 is 10.1 Å². The molecule has 2 aromatic rings. The molecule has 1 N–H and O–H groups in total. The SMILES string of the molecule is CSc1nc(C)c(CCC(=O)OCC(=O)Nc2ccc(F)c([N+](=O)[O-])c2)c(C)n1. The van der Waals surface area contributed by atoms with E-state index >= 15 is 0 Å². The molecule has 0 saturated heterocycles.